The molecule has 0 aromatic carbocycles. The molecule has 0 radical (unpaired) electrons. The average Bonchev–Trinajstić information content (AvgIpc) is 2.51. The topological polar surface area (TPSA) is 120 Å². The Kier molecular flexibility index (Phi) is 3.44. The molecule has 4 N–H and O–H groups in total. The van der Waals surface area contributed by atoms with Crippen molar-refractivity contribution in [2.45, 2.75) is 12.1 Å². The number of rotatable bonds is 3. The summed E-state index contributed by atoms with van der Waals surface area (Å²) in [4.78, 5) is 39.8. The van der Waals surface area contributed by atoms with E-state index in [-0.39, 0.29) is 13.0 Å². The van der Waals surface area contributed by atoms with Gasteiger partial charge in [0, 0.05) is 13.7 Å². The first kappa shape index (κ1) is 12.2. The smallest absolute Gasteiger partial charge is 0.324 e. The van der Waals surface area contributed by atoms with Gasteiger partial charge < -0.3 is 9.42 Å². The average molecular weight is 244 g/mol. The van der Waals surface area contributed by atoms with Gasteiger partial charge in [0.05, 0.1) is 0 Å². The molecule has 2 unspecified atom stereocenters. The maximum atomic E-state index is 11.4. The standard InChI is InChI=1S/C5H11NO6P2/c1-12-14(10,11)4-2-3-6-5(4)13(7,8)9/h4,7-9H,2-3H2,1H3/p+1. The molecule has 1 heterocycles. The Morgan fingerprint density at radius 2 is 2.14 bits per heavy atom. The maximum Gasteiger partial charge on any atom is 0.456 e. The summed E-state index contributed by atoms with van der Waals surface area (Å²) in [7, 11) is -7.20. The normalized spacial score (nSPS) is 27.2. The van der Waals surface area contributed by atoms with Crippen molar-refractivity contribution in [2.75, 3.05) is 13.7 Å². The second-order valence-electron chi connectivity index (χ2n) is 2.86. The summed E-state index contributed by atoms with van der Waals surface area (Å²) in [6.07, 6.45) is 0.167. The Balaban J connectivity index is 2.94. The quantitative estimate of drug-likeness (QED) is 0.507. The van der Waals surface area contributed by atoms with Gasteiger partial charge in [0.15, 0.2) is 0 Å². The van der Waals surface area contributed by atoms with Crippen LogP contribution in [0.4, 0.5) is 0 Å². The van der Waals surface area contributed by atoms with Crippen molar-refractivity contribution in [1.82, 2.24) is 0 Å². The van der Waals surface area contributed by atoms with Gasteiger partial charge in [-0.25, -0.2) is 4.99 Å². The summed E-state index contributed by atoms with van der Waals surface area (Å²) in [5, 5.41) is 0. The van der Waals surface area contributed by atoms with Crippen molar-refractivity contribution < 1.29 is 28.7 Å². The van der Waals surface area contributed by atoms with E-state index in [9.17, 15) is 9.46 Å². The van der Waals surface area contributed by atoms with E-state index in [1.54, 1.807) is 0 Å². The molecule has 0 amide bonds. The molecule has 0 saturated heterocycles. The molecule has 2 atom stereocenters. The zero-order valence-corrected chi connectivity index (χ0v) is 9.23. The predicted molar refractivity (Wildman–Crippen MR) is 51.1 cm³/mol. The third kappa shape index (κ3) is 2.38. The van der Waals surface area contributed by atoms with Crippen LogP contribution in [0.5, 0.6) is 0 Å². The molecule has 0 saturated carbocycles. The van der Waals surface area contributed by atoms with Crippen LogP contribution < -0.4 is 0 Å². The molecular formula is C5H12NO6P2+. The molecule has 82 valence electrons. The highest BCUT2D eigenvalue weighted by atomic mass is 31.2. The first-order valence-electron chi connectivity index (χ1n) is 3.79. The van der Waals surface area contributed by atoms with Gasteiger partial charge in [-0.15, -0.1) is 0 Å². The molecule has 0 bridgehead atoms. The molecule has 14 heavy (non-hydrogen) atoms. The summed E-state index contributed by atoms with van der Waals surface area (Å²) in [5.41, 5.74) is -1.52. The van der Waals surface area contributed by atoms with Crippen LogP contribution in [0.2, 0.25) is 0 Å². The van der Waals surface area contributed by atoms with Gasteiger partial charge in [0.25, 0.3) is 5.45 Å². The number of hydrogen-bond donors (Lipinski definition) is 4. The highest BCUT2D eigenvalue weighted by Gasteiger charge is 2.54. The Morgan fingerprint density at radius 3 is 2.57 bits per heavy atom. The van der Waals surface area contributed by atoms with Gasteiger partial charge in [-0.05, 0) is 6.42 Å². The van der Waals surface area contributed by atoms with E-state index in [2.05, 4.69) is 9.52 Å². The predicted octanol–water partition coefficient (Wildman–Crippen LogP) is -0.272. The minimum Gasteiger partial charge on any atom is -0.324 e. The summed E-state index contributed by atoms with van der Waals surface area (Å²) in [6, 6.07) is 0. The lowest BCUT2D eigenvalue weighted by Gasteiger charge is -2.16. The Morgan fingerprint density at radius 1 is 1.57 bits per heavy atom. The SMILES string of the molecule is COP(=O)(O)C1CCN=C1[P+](O)(O)O. The van der Waals surface area contributed by atoms with E-state index >= 15 is 0 Å². The first-order chi connectivity index (χ1) is 6.29. The molecular weight excluding hydrogens is 232 g/mol. The molecule has 0 aromatic heterocycles. The van der Waals surface area contributed by atoms with Gasteiger partial charge in [-0.2, -0.15) is 14.7 Å². The monoisotopic (exact) mass is 244 g/mol. The molecule has 7 nitrogen and oxygen atoms in total. The van der Waals surface area contributed by atoms with Crippen LogP contribution in [-0.2, 0) is 9.09 Å². The van der Waals surface area contributed by atoms with Crippen LogP contribution in [0, 0.1) is 0 Å². The van der Waals surface area contributed by atoms with Crippen LogP contribution >= 0.6 is 15.5 Å². The fourth-order valence-electron chi connectivity index (χ4n) is 1.27. The van der Waals surface area contributed by atoms with Crippen LogP contribution in [0.15, 0.2) is 4.99 Å². The van der Waals surface area contributed by atoms with Crippen molar-refractivity contribution in [3.05, 3.63) is 0 Å². The number of aliphatic imine (C=N–C) groups is 1. The fourth-order valence-corrected chi connectivity index (χ4v) is 4.06. The second-order valence-corrected chi connectivity index (χ2v) is 6.57. The van der Waals surface area contributed by atoms with Crippen LogP contribution in [0.3, 0.4) is 0 Å². The maximum absolute atomic E-state index is 11.4. The zero-order chi connectivity index (χ0) is 11.0. The molecule has 0 aromatic rings. The van der Waals surface area contributed by atoms with Crippen molar-refractivity contribution in [3.8, 4) is 0 Å². The molecule has 1 rings (SSSR count). The van der Waals surface area contributed by atoms with E-state index in [0.29, 0.717) is 0 Å². The van der Waals surface area contributed by atoms with Gasteiger partial charge in [0.2, 0.25) is 0 Å². The Hall–Kier alpha value is 0.130. The molecule has 9 heteroatoms. The summed E-state index contributed by atoms with van der Waals surface area (Å²) in [6.45, 7) is 0.178. The Labute approximate surface area is 81.2 Å². The molecule has 0 spiro atoms. The molecule has 1 aliphatic heterocycles. The molecule has 0 fully saturated rings. The van der Waals surface area contributed by atoms with Crippen LogP contribution in [-0.4, -0.2) is 44.3 Å². The van der Waals surface area contributed by atoms with E-state index in [4.69, 9.17) is 14.7 Å². The third-order valence-corrected chi connectivity index (χ3v) is 5.02. The third-order valence-electron chi connectivity index (χ3n) is 1.94. The zero-order valence-electron chi connectivity index (χ0n) is 7.44. The van der Waals surface area contributed by atoms with Crippen molar-refractivity contribution in [3.63, 3.8) is 0 Å². The van der Waals surface area contributed by atoms with Crippen molar-refractivity contribution in [2.24, 2.45) is 4.99 Å². The minimum atomic E-state index is -4.29. The largest absolute Gasteiger partial charge is 0.456 e. The number of hydrogen-bond acceptors (Lipinski definition) is 6. The highest BCUT2D eigenvalue weighted by Crippen LogP contribution is 2.59. The van der Waals surface area contributed by atoms with E-state index in [1.807, 2.05) is 0 Å². The van der Waals surface area contributed by atoms with E-state index in [0.717, 1.165) is 7.11 Å². The van der Waals surface area contributed by atoms with Crippen molar-refractivity contribution in [1.29, 1.82) is 0 Å². The lowest BCUT2D eigenvalue weighted by Crippen LogP contribution is -2.20. The Bertz CT molecular complexity index is 297. The van der Waals surface area contributed by atoms with Gasteiger partial charge >= 0.3 is 15.5 Å². The summed E-state index contributed by atoms with van der Waals surface area (Å²) < 4.78 is 15.7. The second kappa shape index (κ2) is 3.94. The lowest BCUT2D eigenvalue weighted by atomic mass is 10.4. The van der Waals surface area contributed by atoms with Gasteiger partial charge in [-0.3, -0.25) is 4.57 Å². The van der Waals surface area contributed by atoms with E-state index < -0.39 is 26.7 Å². The first-order valence-corrected chi connectivity index (χ1v) is 7.09. The highest BCUT2D eigenvalue weighted by molar-refractivity contribution is 7.78. The number of nitrogens with zero attached hydrogens (tertiary/aromatic N) is 1. The summed E-state index contributed by atoms with van der Waals surface area (Å²) in [5.74, 6) is 0. The van der Waals surface area contributed by atoms with Gasteiger partial charge in [0.1, 0.15) is 5.66 Å². The van der Waals surface area contributed by atoms with Gasteiger partial charge in [-0.1, -0.05) is 0 Å². The lowest BCUT2D eigenvalue weighted by molar-refractivity contribution is 0.309. The van der Waals surface area contributed by atoms with E-state index in [1.165, 1.54) is 0 Å². The van der Waals surface area contributed by atoms with Crippen LogP contribution in [0.1, 0.15) is 6.42 Å². The minimum absolute atomic E-state index is 0.167. The fraction of sp³-hybridized carbons (Fsp3) is 0.800. The molecule has 1 aliphatic rings. The van der Waals surface area contributed by atoms with Crippen LogP contribution in [0.25, 0.3) is 0 Å². The van der Waals surface area contributed by atoms with Crippen molar-refractivity contribution >= 4 is 21.0 Å². The molecule has 0 aliphatic carbocycles. The summed E-state index contributed by atoms with van der Waals surface area (Å²) >= 11 is 0.